The zero-order valence-corrected chi connectivity index (χ0v) is 20.2. The van der Waals surface area contributed by atoms with Crippen LogP contribution in [0.3, 0.4) is 0 Å². The molecule has 8 heteroatoms. The fourth-order valence-electron chi connectivity index (χ4n) is 4.38. The molecular formula is C25H34N4O3S. The van der Waals surface area contributed by atoms with Gasteiger partial charge in [0.25, 0.3) is 0 Å². The Labute approximate surface area is 196 Å². The van der Waals surface area contributed by atoms with Crippen molar-refractivity contribution in [3.63, 3.8) is 0 Å². The average Bonchev–Trinajstić information content (AvgIpc) is 3.33. The van der Waals surface area contributed by atoms with Gasteiger partial charge in [-0.25, -0.2) is 8.42 Å². The van der Waals surface area contributed by atoms with Crippen LogP contribution in [0.4, 0.5) is 0 Å². The minimum Gasteiger partial charge on any atom is -0.384 e. The first-order chi connectivity index (χ1) is 15.7. The highest BCUT2D eigenvalue weighted by atomic mass is 32.2. The number of carbonyl (C=O) groups excluding carboxylic acids is 1. The molecule has 1 amide bonds. The van der Waals surface area contributed by atoms with Crippen molar-refractivity contribution in [2.75, 3.05) is 7.05 Å². The largest absolute Gasteiger partial charge is 0.384 e. The van der Waals surface area contributed by atoms with Gasteiger partial charge in [0.05, 0.1) is 4.90 Å². The molecule has 1 atom stereocenters. The van der Waals surface area contributed by atoms with Crippen LogP contribution >= 0.6 is 0 Å². The molecule has 178 valence electrons. The molecule has 0 unspecified atom stereocenters. The number of benzene rings is 2. The zero-order chi connectivity index (χ0) is 24.0. The number of nitrogen functional groups attached to an aromatic ring is 1. The Morgan fingerprint density at radius 3 is 2.42 bits per heavy atom. The predicted molar refractivity (Wildman–Crippen MR) is 131 cm³/mol. The van der Waals surface area contributed by atoms with Gasteiger partial charge in [-0.05, 0) is 55.0 Å². The normalized spacial score (nSPS) is 15.3. The molecule has 0 spiro atoms. The van der Waals surface area contributed by atoms with E-state index in [9.17, 15) is 13.2 Å². The third-order valence-corrected chi connectivity index (χ3v) is 7.75. The third-order valence-electron chi connectivity index (χ3n) is 6.27. The summed E-state index contributed by atoms with van der Waals surface area (Å²) in [5.41, 5.74) is 7.96. The number of carbonyl (C=O) groups is 1. The summed E-state index contributed by atoms with van der Waals surface area (Å²) in [6, 6.07) is 13.0. The lowest BCUT2D eigenvalue weighted by molar-refractivity contribution is -0.133. The van der Waals surface area contributed by atoms with Gasteiger partial charge in [-0.2, -0.15) is 4.72 Å². The van der Waals surface area contributed by atoms with E-state index in [2.05, 4.69) is 11.6 Å². The second-order valence-corrected chi connectivity index (χ2v) is 10.5. The van der Waals surface area contributed by atoms with E-state index in [1.165, 1.54) is 0 Å². The molecule has 4 N–H and O–H groups in total. The maximum absolute atomic E-state index is 13.4. The molecule has 2 aromatic carbocycles. The Balaban J connectivity index is 1.87. The first kappa shape index (κ1) is 24.9. The third kappa shape index (κ3) is 6.42. The van der Waals surface area contributed by atoms with Crippen LogP contribution in [0, 0.1) is 5.41 Å². The highest BCUT2D eigenvalue weighted by molar-refractivity contribution is 7.89. The SMILES string of the molecule is CCCc1ccc(S(=O)(=O)N[C@@H](Cc2cccc(C(=N)N)c2)C(=O)N(C)C2CCCC2)cc1. The first-order valence-electron chi connectivity index (χ1n) is 11.5. The molecule has 0 bridgehead atoms. The maximum atomic E-state index is 13.4. The van der Waals surface area contributed by atoms with Gasteiger partial charge >= 0.3 is 0 Å². The lowest BCUT2D eigenvalue weighted by Gasteiger charge is -2.29. The van der Waals surface area contributed by atoms with Crippen molar-refractivity contribution in [2.24, 2.45) is 5.73 Å². The Kier molecular flexibility index (Phi) is 8.26. The quantitative estimate of drug-likeness (QED) is 0.365. The van der Waals surface area contributed by atoms with Crippen molar-refractivity contribution >= 4 is 21.8 Å². The lowest BCUT2D eigenvalue weighted by atomic mass is 10.0. The molecule has 3 rings (SSSR count). The van der Waals surface area contributed by atoms with Crippen molar-refractivity contribution in [3.8, 4) is 0 Å². The number of sulfonamides is 1. The van der Waals surface area contributed by atoms with E-state index in [1.807, 2.05) is 18.2 Å². The molecule has 33 heavy (non-hydrogen) atoms. The van der Waals surface area contributed by atoms with Crippen LogP contribution in [-0.2, 0) is 27.7 Å². The number of nitrogens with two attached hydrogens (primary N) is 1. The first-order valence-corrected chi connectivity index (χ1v) is 13.0. The van der Waals surface area contributed by atoms with Crippen molar-refractivity contribution in [1.29, 1.82) is 5.41 Å². The molecular weight excluding hydrogens is 436 g/mol. The summed E-state index contributed by atoms with van der Waals surface area (Å²) < 4.78 is 29.0. The molecule has 0 radical (unpaired) electrons. The molecule has 1 saturated carbocycles. The second kappa shape index (κ2) is 10.9. The van der Waals surface area contributed by atoms with Gasteiger partial charge in [-0.15, -0.1) is 0 Å². The van der Waals surface area contributed by atoms with E-state index < -0.39 is 16.1 Å². The number of amides is 1. The van der Waals surface area contributed by atoms with Gasteiger partial charge in [0.1, 0.15) is 11.9 Å². The van der Waals surface area contributed by atoms with Gasteiger partial charge in [0.2, 0.25) is 15.9 Å². The van der Waals surface area contributed by atoms with Gasteiger partial charge in [-0.3, -0.25) is 10.2 Å². The van der Waals surface area contributed by atoms with Crippen molar-refractivity contribution in [2.45, 2.75) is 68.8 Å². The number of rotatable bonds is 10. The van der Waals surface area contributed by atoms with E-state index in [4.69, 9.17) is 11.1 Å². The predicted octanol–water partition coefficient (Wildman–Crippen LogP) is 3.21. The number of aryl methyl sites for hydroxylation is 1. The van der Waals surface area contributed by atoms with E-state index in [0.717, 1.165) is 49.7 Å². The molecule has 7 nitrogen and oxygen atoms in total. The summed E-state index contributed by atoms with van der Waals surface area (Å²) in [6.07, 6.45) is 6.04. The molecule has 0 aromatic heterocycles. The monoisotopic (exact) mass is 470 g/mol. The van der Waals surface area contributed by atoms with E-state index in [0.29, 0.717) is 5.56 Å². The fraction of sp³-hybridized carbons (Fsp3) is 0.440. The maximum Gasteiger partial charge on any atom is 0.241 e. The molecule has 0 heterocycles. The van der Waals surface area contributed by atoms with Gasteiger partial charge in [-0.1, -0.05) is 56.5 Å². The Bertz CT molecular complexity index is 1080. The van der Waals surface area contributed by atoms with E-state index in [1.54, 1.807) is 42.3 Å². The van der Waals surface area contributed by atoms with Crippen molar-refractivity contribution in [1.82, 2.24) is 9.62 Å². The van der Waals surface area contributed by atoms with Gasteiger partial charge < -0.3 is 10.6 Å². The molecule has 0 saturated heterocycles. The van der Waals surface area contributed by atoms with Crippen LogP contribution in [0.2, 0.25) is 0 Å². The highest BCUT2D eigenvalue weighted by Crippen LogP contribution is 2.24. The van der Waals surface area contributed by atoms with Crippen LogP contribution in [0.1, 0.15) is 55.7 Å². The smallest absolute Gasteiger partial charge is 0.241 e. The fourth-order valence-corrected chi connectivity index (χ4v) is 5.57. The number of hydrogen-bond donors (Lipinski definition) is 3. The van der Waals surface area contributed by atoms with Gasteiger partial charge in [0.15, 0.2) is 0 Å². The average molecular weight is 471 g/mol. The minimum absolute atomic E-state index is 0.0736. The highest BCUT2D eigenvalue weighted by Gasteiger charge is 2.32. The molecule has 0 aliphatic heterocycles. The topological polar surface area (TPSA) is 116 Å². The number of hydrogen-bond acceptors (Lipinski definition) is 4. The van der Waals surface area contributed by atoms with Crippen LogP contribution in [0.5, 0.6) is 0 Å². The molecule has 1 aliphatic rings. The summed E-state index contributed by atoms with van der Waals surface area (Å²) in [6.45, 7) is 2.07. The van der Waals surface area contributed by atoms with Gasteiger partial charge in [0, 0.05) is 18.7 Å². The van der Waals surface area contributed by atoms with E-state index >= 15 is 0 Å². The molecule has 1 fully saturated rings. The van der Waals surface area contributed by atoms with Crippen LogP contribution in [0.15, 0.2) is 53.4 Å². The number of nitrogens with one attached hydrogen (secondary N) is 2. The number of amidine groups is 1. The second-order valence-electron chi connectivity index (χ2n) is 8.77. The number of nitrogens with zero attached hydrogens (tertiary/aromatic N) is 1. The Morgan fingerprint density at radius 1 is 1.15 bits per heavy atom. The summed E-state index contributed by atoms with van der Waals surface area (Å²) >= 11 is 0. The van der Waals surface area contributed by atoms with Crippen LogP contribution in [-0.4, -0.2) is 44.2 Å². The van der Waals surface area contributed by atoms with E-state index in [-0.39, 0.29) is 29.1 Å². The number of likely N-dealkylation sites (N-methyl/N-ethyl adjacent to an activating group) is 1. The zero-order valence-electron chi connectivity index (χ0n) is 19.4. The minimum atomic E-state index is -3.90. The molecule has 2 aromatic rings. The summed E-state index contributed by atoms with van der Waals surface area (Å²) in [4.78, 5) is 15.3. The Morgan fingerprint density at radius 2 is 1.82 bits per heavy atom. The van der Waals surface area contributed by atoms with Crippen LogP contribution < -0.4 is 10.5 Å². The lowest BCUT2D eigenvalue weighted by Crippen LogP contribution is -2.50. The standard InChI is InChI=1S/C25H34N4O3S/c1-3-7-18-12-14-22(15-13-18)33(31,32)28-23(25(30)29(2)21-10-4-5-11-21)17-19-8-6-9-20(16-19)24(26)27/h6,8-9,12-16,21,23,28H,3-5,7,10-11,17H2,1-2H3,(H3,26,27)/t23-/m0/s1. The molecule has 1 aliphatic carbocycles. The summed E-state index contributed by atoms with van der Waals surface area (Å²) in [5.74, 6) is -0.322. The van der Waals surface area contributed by atoms with Crippen molar-refractivity contribution < 1.29 is 13.2 Å². The Hall–Kier alpha value is -2.71. The summed E-state index contributed by atoms with van der Waals surface area (Å²) in [5, 5.41) is 7.68. The summed E-state index contributed by atoms with van der Waals surface area (Å²) in [7, 11) is -2.15. The van der Waals surface area contributed by atoms with Crippen LogP contribution in [0.25, 0.3) is 0 Å². The van der Waals surface area contributed by atoms with Crippen molar-refractivity contribution in [3.05, 3.63) is 65.2 Å².